The van der Waals surface area contributed by atoms with Crippen molar-refractivity contribution in [2.45, 2.75) is 16.7 Å². The Morgan fingerprint density at radius 2 is 1.43 bits per heavy atom. The van der Waals surface area contributed by atoms with Gasteiger partial charge >= 0.3 is 5.97 Å². The summed E-state index contributed by atoms with van der Waals surface area (Å²) in [5, 5.41) is 35.8. The molecule has 0 saturated carbocycles. The lowest BCUT2D eigenvalue weighted by Gasteiger charge is -2.12. The van der Waals surface area contributed by atoms with Gasteiger partial charge in [-0.3, -0.25) is 9.11 Å². The van der Waals surface area contributed by atoms with E-state index in [-0.39, 0.29) is 39.1 Å². The number of aromatic carboxylic acids is 1. The second-order valence-corrected chi connectivity index (χ2v) is 11.4. The Bertz CT molecular complexity index is 2040. The van der Waals surface area contributed by atoms with Gasteiger partial charge in [0, 0.05) is 11.5 Å². The Hall–Kier alpha value is -4.97. The maximum atomic E-state index is 12.2. The van der Waals surface area contributed by atoms with Gasteiger partial charge in [-0.2, -0.15) is 21.9 Å². The Balaban J connectivity index is 1.82. The number of nitrogens with zero attached hydrogens (tertiary/aromatic N) is 4. The third-order valence-electron chi connectivity index (χ3n) is 5.89. The topological polar surface area (TPSA) is 251 Å². The number of hydrogen-bond donors (Lipinski definition) is 5. The maximum absolute atomic E-state index is 12.2. The van der Waals surface area contributed by atoms with Crippen molar-refractivity contribution in [1.29, 1.82) is 0 Å². The quantitative estimate of drug-likeness (QED) is 0.0943. The van der Waals surface area contributed by atoms with E-state index in [2.05, 4.69) is 20.5 Å². The Kier molecular flexibility index (Phi) is 7.95. The molecule has 0 heterocycles. The van der Waals surface area contributed by atoms with Crippen LogP contribution in [0.3, 0.4) is 0 Å². The van der Waals surface area contributed by atoms with E-state index in [1.165, 1.54) is 31.4 Å². The third-order valence-corrected chi connectivity index (χ3v) is 7.67. The largest absolute Gasteiger partial charge is 0.505 e. The van der Waals surface area contributed by atoms with Crippen molar-refractivity contribution in [1.82, 2.24) is 0 Å². The van der Waals surface area contributed by atoms with Crippen LogP contribution in [0, 0.1) is 6.92 Å². The zero-order valence-corrected chi connectivity index (χ0v) is 23.3. The number of phenolic OH excluding ortho intramolecular Hbond substituents is 1. The van der Waals surface area contributed by atoms with Crippen LogP contribution in [-0.2, 0) is 20.2 Å². The predicted octanol–water partition coefficient (Wildman–Crippen LogP) is 5.47. The molecular weight excluding hydrogens is 594 g/mol. The van der Waals surface area contributed by atoms with Crippen LogP contribution >= 0.6 is 0 Å². The van der Waals surface area contributed by atoms with E-state index >= 15 is 0 Å². The maximum Gasteiger partial charge on any atom is 0.337 e. The fraction of sp³-hybridized carbons (Fsp3) is 0.0800. The first-order valence-corrected chi connectivity index (χ1v) is 14.4. The fourth-order valence-corrected chi connectivity index (χ4v) is 5.16. The van der Waals surface area contributed by atoms with Gasteiger partial charge in [-0.1, -0.05) is 12.1 Å². The van der Waals surface area contributed by atoms with Crippen molar-refractivity contribution < 1.29 is 45.7 Å². The Labute approximate surface area is 238 Å². The van der Waals surface area contributed by atoms with Gasteiger partial charge in [0.25, 0.3) is 20.2 Å². The van der Waals surface area contributed by atoms with Crippen molar-refractivity contribution in [3.05, 3.63) is 65.7 Å². The normalized spacial score (nSPS) is 12.4. The lowest BCUT2D eigenvalue weighted by molar-refractivity contribution is 0.0697. The SMILES string of the molecule is COc1cc(N=Nc2ccccc2C(=O)O)c(C)cc1N=Nc1c(S(=O)(=O)O)cc2cc(S(=O)(=O)O)c(N)cc2c1O. The highest BCUT2D eigenvalue weighted by Gasteiger charge is 2.25. The molecule has 0 aliphatic rings. The Morgan fingerprint density at radius 3 is 2.05 bits per heavy atom. The first-order valence-electron chi connectivity index (χ1n) is 11.5. The van der Waals surface area contributed by atoms with Crippen LogP contribution < -0.4 is 10.5 Å². The van der Waals surface area contributed by atoms with Gasteiger partial charge in [-0.25, -0.2) is 4.79 Å². The first kappa shape index (κ1) is 30.0. The number of carboxylic acids is 1. The van der Waals surface area contributed by atoms with Gasteiger partial charge in [0.15, 0.2) is 5.75 Å². The van der Waals surface area contributed by atoms with Crippen molar-refractivity contribution in [2.75, 3.05) is 12.8 Å². The number of azo groups is 2. The molecule has 6 N–H and O–H groups in total. The van der Waals surface area contributed by atoms with Gasteiger partial charge in [-0.05, 0) is 54.3 Å². The van der Waals surface area contributed by atoms with E-state index in [1.54, 1.807) is 19.1 Å². The number of aryl methyl sites for hydroxylation is 1. The number of methoxy groups -OCH3 is 1. The highest BCUT2D eigenvalue weighted by atomic mass is 32.2. The lowest BCUT2D eigenvalue weighted by atomic mass is 10.1. The molecule has 15 nitrogen and oxygen atoms in total. The number of rotatable bonds is 8. The number of carboxylic acid groups (broad SMARTS) is 1. The summed E-state index contributed by atoms with van der Waals surface area (Å²) < 4.78 is 72.1. The fourth-order valence-electron chi connectivity index (χ4n) is 3.87. The molecule has 0 aliphatic carbocycles. The van der Waals surface area contributed by atoms with E-state index in [0.29, 0.717) is 5.56 Å². The second-order valence-electron chi connectivity index (χ2n) is 8.67. The molecule has 4 aromatic carbocycles. The molecule has 0 spiro atoms. The van der Waals surface area contributed by atoms with Crippen LogP contribution in [0.4, 0.5) is 28.4 Å². The summed E-state index contributed by atoms with van der Waals surface area (Å²) in [6, 6.07) is 11.5. The minimum absolute atomic E-state index is 0.0434. The molecule has 4 aromatic rings. The van der Waals surface area contributed by atoms with Crippen molar-refractivity contribution >= 4 is 65.4 Å². The summed E-state index contributed by atoms with van der Waals surface area (Å²) in [4.78, 5) is 9.77. The number of ether oxygens (including phenoxy) is 1. The average Bonchev–Trinajstić information content (AvgIpc) is 2.90. The van der Waals surface area contributed by atoms with Crippen LogP contribution in [0.25, 0.3) is 10.8 Å². The van der Waals surface area contributed by atoms with Crippen LogP contribution in [0.1, 0.15) is 15.9 Å². The summed E-state index contributed by atoms with van der Waals surface area (Å²) in [6.07, 6.45) is 0. The number of phenols is 1. The van der Waals surface area contributed by atoms with Gasteiger partial charge in [0.05, 0.1) is 24.0 Å². The van der Waals surface area contributed by atoms with Gasteiger partial charge < -0.3 is 20.7 Å². The molecule has 218 valence electrons. The van der Waals surface area contributed by atoms with E-state index in [0.717, 1.165) is 18.2 Å². The summed E-state index contributed by atoms with van der Waals surface area (Å²) >= 11 is 0. The Morgan fingerprint density at radius 1 is 0.833 bits per heavy atom. The van der Waals surface area contributed by atoms with E-state index in [1.807, 2.05) is 0 Å². The van der Waals surface area contributed by atoms with Crippen LogP contribution in [0.15, 0.2) is 84.8 Å². The zero-order valence-electron chi connectivity index (χ0n) is 21.6. The number of fused-ring (bicyclic) bond motifs is 1. The van der Waals surface area contributed by atoms with Gasteiger partial charge in [-0.15, -0.1) is 15.3 Å². The minimum atomic E-state index is -5.04. The number of nitrogens with two attached hydrogens (primary N) is 1. The minimum Gasteiger partial charge on any atom is -0.505 e. The predicted molar refractivity (Wildman–Crippen MR) is 149 cm³/mol. The number of aromatic hydroxyl groups is 1. The monoisotopic (exact) mass is 615 g/mol. The van der Waals surface area contributed by atoms with Crippen LogP contribution in [-0.4, -0.2) is 49.2 Å². The van der Waals surface area contributed by atoms with Crippen LogP contribution in [0.2, 0.25) is 0 Å². The van der Waals surface area contributed by atoms with Gasteiger partial charge in [0.2, 0.25) is 0 Å². The average molecular weight is 616 g/mol. The summed E-state index contributed by atoms with van der Waals surface area (Å²) in [6.45, 7) is 1.63. The molecule has 0 fully saturated rings. The van der Waals surface area contributed by atoms with E-state index in [4.69, 9.17) is 10.5 Å². The number of carbonyl (C=O) groups is 1. The standard InChI is InChI=1S/C25H21N5O10S2/c1-12-7-19(20(40-2)11-18(12)28-27-17-6-4-3-5-14(17)25(32)33)29-30-23-22(42(37,38)39)9-13-8-21(41(34,35)36)16(26)10-15(13)24(23)31/h3-11,31H,26H2,1-2H3,(H,32,33)(H,34,35,36)(H,37,38,39). The van der Waals surface area contributed by atoms with Gasteiger partial charge in [0.1, 0.15) is 32.6 Å². The molecule has 0 radical (unpaired) electrons. The van der Waals surface area contributed by atoms with Crippen molar-refractivity contribution in [3.8, 4) is 11.5 Å². The van der Waals surface area contributed by atoms with Crippen LogP contribution in [0.5, 0.6) is 11.5 Å². The molecule has 0 unspecified atom stereocenters. The summed E-state index contributed by atoms with van der Waals surface area (Å²) in [7, 11) is -8.54. The third kappa shape index (κ3) is 6.03. The number of benzene rings is 4. The smallest absolute Gasteiger partial charge is 0.337 e. The molecule has 0 amide bonds. The molecule has 0 aliphatic heterocycles. The summed E-state index contributed by atoms with van der Waals surface area (Å²) in [5.74, 6) is -1.91. The highest BCUT2D eigenvalue weighted by molar-refractivity contribution is 7.86. The number of nitrogen functional groups attached to an aromatic ring is 1. The molecule has 0 saturated heterocycles. The molecule has 4 rings (SSSR count). The molecule has 42 heavy (non-hydrogen) atoms. The molecule has 0 atom stereocenters. The number of hydrogen-bond acceptors (Lipinski definition) is 12. The second kappa shape index (κ2) is 11.1. The van der Waals surface area contributed by atoms with E-state index in [9.17, 15) is 40.9 Å². The number of anilines is 1. The zero-order chi connectivity index (χ0) is 31.0. The molecular formula is C25H21N5O10S2. The molecule has 0 bridgehead atoms. The van der Waals surface area contributed by atoms with Crippen molar-refractivity contribution in [2.24, 2.45) is 20.5 Å². The molecule has 17 heteroatoms. The highest BCUT2D eigenvalue weighted by Crippen LogP contribution is 2.44. The lowest BCUT2D eigenvalue weighted by Crippen LogP contribution is -2.04. The summed E-state index contributed by atoms with van der Waals surface area (Å²) in [5.41, 5.74) is 5.41. The van der Waals surface area contributed by atoms with E-state index < -0.39 is 53.1 Å². The molecule has 0 aromatic heterocycles. The van der Waals surface area contributed by atoms with Crippen molar-refractivity contribution in [3.63, 3.8) is 0 Å². The first-order chi connectivity index (χ1) is 19.6.